The van der Waals surface area contributed by atoms with Crippen molar-refractivity contribution in [3.8, 4) is 17.5 Å². The number of aromatic nitrogens is 5. The minimum absolute atomic E-state index is 0.102. The Morgan fingerprint density at radius 1 is 0.854 bits per heavy atom. The molecule has 5 heterocycles. The smallest absolute Gasteiger partial charge is 0.328 e. The van der Waals surface area contributed by atoms with E-state index in [0.29, 0.717) is 85.5 Å². The highest BCUT2D eigenvalue weighted by Gasteiger charge is 2.22. The number of morpholine rings is 2. The van der Waals surface area contributed by atoms with Crippen molar-refractivity contribution < 1.29 is 18.9 Å². The van der Waals surface area contributed by atoms with Gasteiger partial charge in [-0.05, 0) is 35.9 Å². The largest absolute Gasteiger partial charge is 0.493 e. The first kappa shape index (κ1) is 25.6. The van der Waals surface area contributed by atoms with Crippen molar-refractivity contribution >= 4 is 45.3 Å². The van der Waals surface area contributed by atoms with E-state index >= 15 is 0 Å². The van der Waals surface area contributed by atoms with E-state index in [1.807, 2.05) is 42.5 Å². The molecule has 7 rings (SSSR count). The lowest BCUT2D eigenvalue weighted by Gasteiger charge is -2.30. The predicted octanol–water partition coefficient (Wildman–Crippen LogP) is 2.12. The van der Waals surface area contributed by atoms with Gasteiger partial charge in [-0.2, -0.15) is 15.0 Å². The van der Waals surface area contributed by atoms with Crippen LogP contribution in [0.2, 0.25) is 0 Å². The maximum absolute atomic E-state index is 13.2. The van der Waals surface area contributed by atoms with Crippen LogP contribution in [-0.2, 0) is 9.47 Å². The Morgan fingerprint density at radius 3 is 2.22 bits per heavy atom. The molecule has 5 aromatic rings. The lowest BCUT2D eigenvalue weighted by atomic mass is 10.2. The van der Waals surface area contributed by atoms with Crippen molar-refractivity contribution in [3.63, 3.8) is 0 Å². The summed E-state index contributed by atoms with van der Waals surface area (Å²) in [6.45, 7) is 5.18. The van der Waals surface area contributed by atoms with Gasteiger partial charge in [0.05, 0.1) is 49.1 Å². The molecule has 2 fully saturated rings. The second-order valence-corrected chi connectivity index (χ2v) is 10.6. The van der Waals surface area contributed by atoms with E-state index in [1.165, 1.54) is 11.3 Å². The SMILES string of the molecule is COc1cc(/C=c2/sc3nc4ccccc4n3c2=O)ccc1Oc1nc(N2CCOCC2)nc(N2CCOCC2)n1. The Morgan fingerprint density at radius 2 is 1.54 bits per heavy atom. The minimum Gasteiger partial charge on any atom is -0.493 e. The number of nitrogens with zero attached hydrogens (tertiary/aromatic N) is 7. The second-order valence-electron chi connectivity index (χ2n) is 9.56. The Bertz CT molecular complexity index is 1790. The average Bonchev–Trinajstić information content (AvgIpc) is 3.54. The summed E-state index contributed by atoms with van der Waals surface area (Å²) in [4.78, 5) is 36.6. The maximum Gasteiger partial charge on any atom is 0.328 e. The predicted molar refractivity (Wildman–Crippen MR) is 155 cm³/mol. The van der Waals surface area contributed by atoms with Crippen molar-refractivity contribution in [1.82, 2.24) is 24.3 Å². The van der Waals surface area contributed by atoms with Crippen LogP contribution in [0.25, 0.3) is 22.1 Å². The number of imidazole rings is 1. The molecular weight excluding hydrogens is 546 g/mol. The molecule has 0 saturated carbocycles. The third-order valence-corrected chi connectivity index (χ3v) is 7.98. The van der Waals surface area contributed by atoms with E-state index in [-0.39, 0.29) is 11.6 Å². The first-order chi connectivity index (χ1) is 20.2. The van der Waals surface area contributed by atoms with Gasteiger partial charge in [-0.15, -0.1) is 0 Å². The molecule has 0 N–H and O–H groups in total. The minimum atomic E-state index is -0.102. The zero-order valence-corrected chi connectivity index (χ0v) is 23.2. The van der Waals surface area contributed by atoms with Gasteiger partial charge in [0.15, 0.2) is 16.5 Å². The topological polar surface area (TPSA) is 116 Å². The molecule has 0 unspecified atom stereocenters. The highest BCUT2D eigenvalue weighted by Crippen LogP contribution is 2.32. The van der Waals surface area contributed by atoms with Gasteiger partial charge in [0.25, 0.3) is 5.56 Å². The highest BCUT2D eigenvalue weighted by atomic mass is 32.1. The molecule has 2 aromatic carbocycles. The van der Waals surface area contributed by atoms with Gasteiger partial charge in [0, 0.05) is 26.2 Å². The number of rotatable bonds is 6. The molecule has 210 valence electrons. The summed E-state index contributed by atoms with van der Waals surface area (Å²) in [7, 11) is 1.57. The second kappa shape index (κ2) is 10.9. The molecule has 41 heavy (non-hydrogen) atoms. The fourth-order valence-electron chi connectivity index (χ4n) is 4.91. The molecule has 3 aromatic heterocycles. The number of anilines is 2. The van der Waals surface area contributed by atoms with E-state index in [9.17, 15) is 4.79 Å². The van der Waals surface area contributed by atoms with Crippen LogP contribution in [0.3, 0.4) is 0 Å². The van der Waals surface area contributed by atoms with Gasteiger partial charge in [0.1, 0.15) is 0 Å². The highest BCUT2D eigenvalue weighted by molar-refractivity contribution is 7.15. The molecule has 0 spiro atoms. The number of hydrogen-bond acceptors (Lipinski definition) is 12. The standard InChI is InChI=1S/C28H27N7O5S/c1-37-22-16-18(17-23-24(36)35-20-5-3-2-4-19(20)29-28(35)41-23)6-7-21(22)40-27-31-25(33-8-12-38-13-9-33)30-26(32-27)34-10-14-39-15-11-34/h2-7,16-17H,8-15H2,1H3/b23-17+. The maximum atomic E-state index is 13.2. The Kier molecular flexibility index (Phi) is 6.82. The molecule has 0 atom stereocenters. The molecule has 0 bridgehead atoms. The first-order valence-electron chi connectivity index (χ1n) is 13.4. The molecule has 2 aliphatic rings. The van der Waals surface area contributed by atoms with Crippen LogP contribution in [0.1, 0.15) is 5.56 Å². The van der Waals surface area contributed by atoms with Gasteiger partial charge in [-0.25, -0.2) is 9.38 Å². The average molecular weight is 574 g/mol. The van der Waals surface area contributed by atoms with Crippen LogP contribution in [0.4, 0.5) is 11.9 Å². The van der Waals surface area contributed by atoms with E-state index < -0.39 is 0 Å². The number of para-hydroxylation sites is 2. The van der Waals surface area contributed by atoms with Gasteiger partial charge < -0.3 is 28.7 Å². The molecule has 0 radical (unpaired) electrons. The monoisotopic (exact) mass is 573 g/mol. The van der Waals surface area contributed by atoms with Crippen LogP contribution >= 0.6 is 11.3 Å². The van der Waals surface area contributed by atoms with Gasteiger partial charge in [-0.3, -0.25) is 4.79 Å². The summed E-state index contributed by atoms with van der Waals surface area (Å²) >= 11 is 1.35. The first-order valence-corrected chi connectivity index (χ1v) is 14.2. The molecule has 2 aliphatic heterocycles. The zero-order valence-electron chi connectivity index (χ0n) is 22.4. The van der Waals surface area contributed by atoms with E-state index in [2.05, 4.69) is 24.8 Å². The quantitative estimate of drug-likeness (QED) is 0.297. The number of benzene rings is 2. The van der Waals surface area contributed by atoms with Crippen molar-refractivity contribution in [3.05, 3.63) is 62.9 Å². The molecule has 0 aliphatic carbocycles. The van der Waals surface area contributed by atoms with E-state index in [1.54, 1.807) is 17.6 Å². The summed E-state index contributed by atoms with van der Waals surface area (Å²) in [6.07, 6.45) is 1.83. The Hall–Kier alpha value is -4.33. The normalized spacial score (nSPS) is 16.6. The van der Waals surface area contributed by atoms with Crippen molar-refractivity contribution in [2.24, 2.45) is 0 Å². The van der Waals surface area contributed by atoms with E-state index in [4.69, 9.17) is 23.9 Å². The third kappa shape index (κ3) is 5.03. The fourth-order valence-corrected chi connectivity index (χ4v) is 5.90. The van der Waals surface area contributed by atoms with Crippen LogP contribution in [0.5, 0.6) is 17.5 Å². The van der Waals surface area contributed by atoms with Crippen LogP contribution in [-0.4, -0.2) is 84.1 Å². The van der Waals surface area contributed by atoms with Crippen LogP contribution < -0.4 is 29.4 Å². The van der Waals surface area contributed by atoms with Crippen molar-refractivity contribution in [2.75, 3.05) is 69.5 Å². The number of fused-ring (bicyclic) bond motifs is 3. The van der Waals surface area contributed by atoms with Crippen LogP contribution in [0, 0.1) is 0 Å². The number of methoxy groups -OCH3 is 1. The summed E-state index contributed by atoms with van der Waals surface area (Å²) in [5.74, 6) is 2.02. The fraction of sp³-hybridized carbons (Fsp3) is 0.321. The molecule has 0 amide bonds. The van der Waals surface area contributed by atoms with Gasteiger partial charge >= 0.3 is 6.01 Å². The third-order valence-electron chi connectivity index (χ3n) is 7.01. The molecule has 2 saturated heterocycles. The lowest BCUT2D eigenvalue weighted by molar-refractivity contribution is 0.121. The van der Waals surface area contributed by atoms with Gasteiger partial charge in [0.2, 0.25) is 11.9 Å². The van der Waals surface area contributed by atoms with E-state index in [0.717, 1.165) is 16.6 Å². The molecular formula is C28H27N7O5S. The number of thiazole rings is 1. The lowest BCUT2D eigenvalue weighted by Crippen LogP contribution is -2.40. The zero-order chi connectivity index (χ0) is 27.8. The van der Waals surface area contributed by atoms with Gasteiger partial charge in [-0.1, -0.05) is 29.5 Å². The molecule has 12 nitrogen and oxygen atoms in total. The summed E-state index contributed by atoms with van der Waals surface area (Å²) in [5.41, 5.74) is 2.29. The van der Waals surface area contributed by atoms with Crippen LogP contribution in [0.15, 0.2) is 47.3 Å². The summed E-state index contributed by atoms with van der Waals surface area (Å²) in [5, 5.41) is 0. The number of ether oxygens (including phenoxy) is 4. The summed E-state index contributed by atoms with van der Waals surface area (Å²) < 4.78 is 25.1. The Labute approximate surface area is 238 Å². The number of hydrogen-bond donors (Lipinski definition) is 0. The Balaban J connectivity index is 1.21. The van der Waals surface area contributed by atoms with Crippen molar-refractivity contribution in [2.45, 2.75) is 0 Å². The van der Waals surface area contributed by atoms with Crippen molar-refractivity contribution in [1.29, 1.82) is 0 Å². The molecule has 13 heteroatoms. The summed E-state index contributed by atoms with van der Waals surface area (Å²) in [6, 6.07) is 13.3.